The Morgan fingerprint density at radius 1 is 0.865 bits per heavy atom. The highest BCUT2D eigenvalue weighted by Crippen LogP contribution is 2.26. The van der Waals surface area contributed by atoms with Gasteiger partial charge < -0.3 is 20.9 Å². The van der Waals surface area contributed by atoms with Crippen molar-refractivity contribution in [3.63, 3.8) is 0 Å². The molecule has 2 heterocycles. The second kappa shape index (κ2) is 12.6. The second-order valence-corrected chi connectivity index (χ2v) is 9.66. The molecule has 0 saturated heterocycles. The van der Waals surface area contributed by atoms with Gasteiger partial charge in [0.15, 0.2) is 0 Å². The number of nitrogens with one attached hydrogen (secondary N) is 3. The summed E-state index contributed by atoms with van der Waals surface area (Å²) in [6.07, 6.45) is 3.36. The van der Waals surface area contributed by atoms with E-state index in [1.165, 1.54) is 35.5 Å². The maximum atomic E-state index is 12.7. The molecule has 3 N–H and O–H groups in total. The molecule has 1 aliphatic carbocycles. The lowest BCUT2D eigenvalue weighted by Crippen LogP contribution is -2.58. The molecule has 0 aromatic carbocycles. The van der Waals surface area contributed by atoms with E-state index in [0.717, 1.165) is 0 Å². The molecule has 2 aromatic rings. The van der Waals surface area contributed by atoms with Crippen molar-refractivity contribution in [3.05, 3.63) is 52.4 Å². The fourth-order valence-corrected chi connectivity index (χ4v) is 4.18. The highest BCUT2D eigenvalue weighted by atomic mass is 35.5. The molecule has 0 bridgehead atoms. The number of anilines is 1. The number of hydrogen-bond acceptors (Lipinski definition) is 7. The van der Waals surface area contributed by atoms with Crippen LogP contribution in [-0.4, -0.2) is 70.5 Å². The van der Waals surface area contributed by atoms with Crippen LogP contribution >= 0.6 is 23.2 Å². The van der Waals surface area contributed by atoms with Crippen LogP contribution in [0.1, 0.15) is 25.0 Å². The Bertz CT molecular complexity index is 1170. The monoisotopic (exact) mass is 548 g/mol. The van der Waals surface area contributed by atoms with E-state index >= 15 is 0 Å². The Balaban J connectivity index is 1.67. The van der Waals surface area contributed by atoms with E-state index < -0.39 is 41.5 Å². The molecular weight excluding hydrogens is 523 g/mol. The predicted molar refractivity (Wildman–Crippen MR) is 136 cm³/mol. The van der Waals surface area contributed by atoms with Crippen molar-refractivity contribution in [1.82, 2.24) is 25.5 Å². The third-order valence-electron chi connectivity index (χ3n) is 5.83. The quantitative estimate of drug-likeness (QED) is 0.442. The molecule has 11 nitrogen and oxygen atoms in total. The second-order valence-electron chi connectivity index (χ2n) is 8.79. The van der Waals surface area contributed by atoms with Gasteiger partial charge in [-0.3, -0.25) is 29.0 Å². The van der Waals surface area contributed by atoms with Crippen LogP contribution in [0.5, 0.6) is 0 Å². The largest absolute Gasteiger partial charge is 0.349 e. The predicted octanol–water partition coefficient (Wildman–Crippen LogP) is 1.39. The SMILES string of the molecule is CN(C)C(=O)[C@H]1CC[C@H](NC(=O)C(=O)Nc2ccc(Cl)cn2)[C@H](NC(=O)C(=O)Cc2ccc(Cl)cn2)C1. The van der Waals surface area contributed by atoms with Gasteiger partial charge in [0, 0.05) is 44.1 Å². The molecule has 13 heteroatoms. The number of rotatable bonds is 7. The molecule has 2 aromatic heterocycles. The zero-order chi connectivity index (χ0) is 27.1. The molecule has 1 fully saturated rings. The summed E-state index contributed by atoms with van der Waals surface area (Å²) in [6.45, 7) is 0. The van der Waals surface area contributed by atoms with E-state index in [1.807, 2.05) is 0 Å². The topological polar surface area (TPSA) is 150 Å². The molecule has 37 heavy (non-hydrogen) atoms. The molecule has 4 amide bonds. The van der Waals surface area contributed by atoms with Crippen LogP contribution < -0.4 is 16.0 Å². The summed E-state index contributed by atoms with van der Waals surface area (Å²) >= 11 is 11.6. The zero-order valence-corrected chi connectivity index (χ0v) is 21.7. The van der Waals surface area contributed by atoms with E-state index in [4.69, 9.17) is 23.2 Å². The van der Waals surface area contributed by atoms with Crippen molar-refractivity contribution in [2.75, 3.05) is 19.4 Å². The van der Waals surface area contributed by atoms with Crippen LogP contribution in [-0.2, 0) is 30.4 Å². The van der Waals surface area contributed by atoms with Crippen LogP contribution in [0, 0.1) is 5.92 Å². The average molecular weight is 549 g/mol. The van der Waals surface area contributed by atoms with Crippen molar-refractivity contribution < 1.29 is 24.0 Å². The first-order chi connectivity index (χ1) is 17.5. The van der Waals surface area contributed by atoms with Gasteiger partial charge in [-0.05, 0) is 43.5 Å². The molecule has 0 radical (unpaired) electrons. The summed E-state index contributed by atoms with van der Waals surface area (Å²) in [7, 11) is 3.25. The van der Waals surface area contributed by atoms with E-state index in [0.29, 0.717) is 28.6 Å². The summed E-state index contributed by atoms with van der Waals surface area (Å²) in [5.41, 5.74) is 0.367. The van der Waals surface area contributed by atoms with Crippen molar-refractivity contribution in [1.29, 1.82) is 0 Å². The Labute approximate surface area is 223 Å². The average Bonchev–Trinajstić information content (AvgIpc) is 2.87. The minimum atomic E-state index is -0.962. The van der Waals surface area contributed by atoms with E-state index in [-0.39, 0.29) is 24.6 Å². The number of carbonyl (C=O) groups excluding carboxylic acids is 5. The minimum absolute atomic E-state index is 0.132. The first kappa shape index (κ1) is 28.0. The van der Waals surface area contributed by atoms with Gasteiger partial charge in [0.05, 0.1) is 22.5 Å². The van der Waals surface area contributed by atoms with E-state index in [2.05, 4.69) is 25.9 Å². The van der Waals surface area contributed by atoms with Gasteiger partial charge >= 0.3 is 11.8 Å². The minimum Gasteiger partial charge on any atom is -0.349 e. The van der Waals surface area contributed by atoms with Gasteiger partial charge in [0.1, 0.15) is 5.82 Å². The van der Waals surface area contributed by atoms with Gasteiger partial charge in [-0.25, -0.2) is 4.98 Å². The van der Waals surface area contributed by atoms with Crippen LogP contribution in [0.3, 0.4) is 0 Å². The Morgan fingerprint density at radius 2 is 1.51 bits per heavy atom. The van der Waals surface area contributed by atoms with Crippen molar-refractivity contribution in [2.45, 2.75) is 37.8 Å². The lowest BCUT2D eigenvalue weighted by Gasteiger charge is -2.37. The summed E-state index contributed by atoms with van der Waals surface area (Å²) in [5, 5.41) is 8.37. The van der Waals surface area contributed by atoms with Crippen LogP contribution in [0.2, 0.25) is 10.0 Å². The normalized spacial score (nSPS) is 18.9. The fourth-order valence-electron chi connectivity index (χ4n) is 3.95. The first-order valence-corrected chi connectivity index (χ1v) is 12.2. The number of halogens is 2. The molecule has 0 aliphatic heterocycles. The van der Waals surface area contributed by atoms with Crippen molar-refractivity contribution in [2.24, 2.45) is 5.92 Å². The van der Waals surface area contributed by atoms with Gasteiger partial charge in [-0.1, -0.05) is 23.2 Å². The summed E-state index contributed by atoms with van der Waals surface area (Å²) in [6, 6.07) is 4.60. The molecule has 1 saturated carbocycles. The number of carbonyl (C=O) groups is 5. The van der Waals surface area contributed by atoms with Crippen LogP contribution in [0.15, 0.2) is 36.7 Å². The number of nitrogens with zero attached hydrogens (tertiary/aromatic N) is 3. The van der Waals surface area contributed by atoms with Gasteiger partial charge in [0.25, 0.3) is 5.91 Å². The zero-order valence-electron chi connectivity index (χ0n) is 20.2. The molecule has 3 atom stereocenters. The van der Waals surface area contributed by atoms with Gasteiger partial charge in [-0.2, -0.15) is 0 Å². The summed E-state index contributed by atoms with van der Waals surface area (Å²) in [4.78, 5) is 72.1. The lowest BCUT2D eigenvalue weighted by molar-refractivity contribution is -0.140. The highest BCUT2D eigenvalue weighted by Gasteiger charge is 2.37. The standard InChI is InChI=1S/C24H26Cl2N6O5/c1-32(2)24(37)13-3-7-17(29-22(35)23(36)31-20-8-5-15(26)12-28-20)18(9-13)30-21(34)19(33)10-16-6-4-14(25)11-27-16/h4-6,8,11-13,17-18H,3,7,9-10H2,1-2H3,(H,29,35)(H,30,34)(H,28,31,36)/t13-,17-,18+/m0/s1. The first-order valence-electron chi connectivity index (χ1n) is 11.4. The summed E-state index contributed by atoms with van der Waals surface area (Å²) in [5.74, 6) is -3.95. The Hall–Kier alpha value is -3.57. The third-order valence-corrected chi connectivity index (χ3v) is 6.28. The molecular formula is C24H26Cl2N6O5. The fraction of sp³-hybridized carbons (Fsp3) is 0.375. The molecule has 0 spiro atoms. The van der Waals surface area contributed by atoms with E-state index in [9.17, 15) is 24.0 Å². The smallest absolute Gasteiger partial charge is 0.314 e. The number of hydrogen-bond donors (Lipinski definition) is 3. The molecule has 196 valence electrons. The number of aromatic nitrogens is 2. The number of pyridine rings is 2. The summed E-state index contributed by atoms with van der Waals surface area (Å²) < 4.78 is 0. The van der Waals surface area contributed by atoms with E-state index in [1.54, 1.807) is 20.2 Å². The van der Waals surface area contributed by atoms with Crippen LogP contribution in [0.25, 0.3) is 0 Å². The molecule has 0 unspecified atom stereocenters. The van der Waals surface area contributed by atoms with Gasteiger partial charge in [0.2, 0.25) is 11.7 Å². The Morgan fingerprint density at radius 3 is 2.11 bits per heavy atom. The number of ketones is 1. The molecule has 3 rings (SSSR count). The Kier molecular flexibility index (Phi) is 9.54. The maximum Gasteiger partial charge on any atom is 0.314 e. The third kappa shape index (κ3) is 7.96. The van der Waals surface area contributed by atoms with Gasteiger partial charge in [-0.15, -0.1) is 0 Å². The maximum absolute atomic E-state index is 12.7. The van der Waals surface area contributed by atoms with Crippen molar-refractivity contribution >= 4 is 58.4 Å². The molecule has 1 aliphatic rings. The van der Waals surface area contributed by atoms with Crippen LogP contribution in [0.4, 0.5) is 5.82 Å². The number of amides is 4. The lowest BCUT2D eigenvalue weighted by atomic mass is 9.81. The highest BCUT2D eigenvalue weighted by molar-refractivity contribution is 6.39. The number of Topliss-reactive ketones (excluding diaryl/α,β-unsaturated/α-hetero) is 1. The van der Waals surface area contributed by atoms with Crippen molar-refractivity contribution in [3.8, 4) is 0 Å².